The molecule has 140 valence electrons. The molecule has 0 amide bonds. The van der Waals surface area contributed by atoms with Gasteiger partial charge in [0.2, 0.25) is 0 Å². The minimum Gasteiger partial charge on any atom is -0.436 e. The maximum Gasteiger partial charge on any atom is 0.256 e. The van der Waals surface area contributed by atoms with Crippen LogP contribution in [-0.2, 0) is 6.42 Å². The Morgan fingerprint density at radius 2 is 1.75 bits per heavy atom. The minimum absolute atomic E-state index is 0.0221. The summed E-state index contributed by atoms with van der Waals surface area (Å²) in [7, 11) is 0. The van der Waals surface area contributed by atoms with Crippen molar-refractivity contribution in [3.05, 3.63) is 72.2 Å². The molecular weight excluding hydrogens is 359 g/mol. The third kappa shape index (κ3) is 3.85. The number of pyridine rings is 1. The SMILES string of the molecule is Cc1ccnc(Oc2ccc(CCNc3ncnc4nccnc34)cc2)c1F. The quantitative estimate of drug-likeness (QED) is 0.549. The molecule has 0 bridgehead atoms. The highest BCUT2D eigenvalue weighted by Gasteiger charge is 2.09. The van der Waals surface area contributed by atoms with Gasteiger partial charge in [-0.3, -0.25) is 0 Å². The van der Waals surface area contributed by atoms with Gasteiger partial charge in [0.25, 0.3) is 5.88 Å². The van der Waals surface area contributed by atoms with Gasteiger partial charge >= 0.3 is 0 Å². The molecule has 0 aliphatic carbocycles. The van der Waals surface area contributed by atoms with E-state index in [0.717, 1.165) is 12.0 Å². The Morgan fingerprint density at radius 3 is 2.61 bits per heavy atom. The zero-order chi connectivity index (χ0) is 19.3. The first-order valence-electron chi connectivity index (χ1n) is 8.74. The summed E-state index contributed by atoms with van der Waals surface area (Å²) in [5, 5.41) is 3.26. The van der Waals surface area contributed by atoms with Crippen molar-refractivity contribution in [2.45, 2.75) is 13.3 Å². The zero-order valence-electron chi connectivity index (χ0n) is 15.1. The van der Waals surface area contributed by atoms with E-state index in [9.17, 15) is 4.39 Å². The van der Waals surface area contributed by atoms with Crippen molar-refractivity contribution in [2.24, 2.45) is 0 Å². The number of nitrogens with zero attached hydrogens (tertiary/aromatic N) is 5. The van der Waals surface area contributed by atoms with E-state index in [1.54, 1.807) is 37.5 Å². The second-order valence-corrected chi connectivity index (χ2v) is 6.12. The lowest BCUT2D eigenvalue weighted by Crippen LogP contribution is -2.08. The number of aromatic nitrogens is 5. The van der Waals surface area contributed by atoms with Crippen molar-refractivity contribution in [1.29, 1.82) is 0 Å². The van der Waals surface area contributed by atoms with E-state index in [0.29, 0.717) is 34.8 Å². The highest BCUT2D eigenvalue weighted by molar-refractivity contribution is 5.81. The molecule has 0 saturated carbocycles. The Bertz CT molecular complexity index is 1100. The van der Waals surface area contributed by atoms with Crippen LogP contribution >= 0.6 is 0 Å². The van der Waals surface area contributed by atoms with Gasteiger partial charge in [0, 0.05) is 25.1 Å². The fourth-order valence-corrected chi connectivity index (χ4v) is 2.67. The number of anilines is 1. The lowest BCUT2D eigenvalue weighted by Gasteiger charge is -2.09. The monoisotopic (exact) mass is 376 g/mol. The van der Waals surface area contributed by atoms with Gasteiger partial charge in [-0.2, -0.15) is 0 Å². The molecule has 4 rings (SSSR count). The maximum atomic E-state index is 14.0. The van der Waals surface area contributed by atoms with Gasteiger partial charge in [-0.25, -0.2) is 29.3 Å². The van der Waals surface area contributed by atoms with E-state index in [1.807, 2.05) is 12.1 Å². The number of benzene rings is 1. The van der Waals surface area contributed by atoms with Gasteiger partial charge in [0.1, 0.15) is 17.6 Å². The number of aryl methyl sites for hydroxylation is 1. The number of ether oxygens (including phenoxy) is 1. The smallest absolute Gasteiger partial charge is 0.256 e. The van der Waals surface area contributed by atoms with Crippen LogP contribution in [0.15, 0.2) is 55.2 Å². The molecule has 1 N–H and O–H groups in total. The Labute approximate surface area is 160 Å². The summed E-state index contributed by atoms with van der Waals surface area (Å²) in [6.45, 7) is 2.34. The van der Waals surface area contributed by atoms with Crippen LogP contribution in [0.4, 0.5) is 10.2 Å². The summed E-state index contributed by atoms with van der Waals surface area (Å²) in [5.74, 6) is 0.715. The van der Waals surface area contributed by atoms with Crippen LogP contribution in [0.2, 0.25) is 0 Å². The number of hydrogen-bond donors (Lipinski definition) is 1. The Hall–Kier alpha value is -3.68. The van der Waals surface area contributed by atoms with Crippen LogP contribution < -0.4 is 10.1 Å². The van der Waals surface area contributed by atoms with Gasteiger partial charge in [-0.1, -0.05) is 12.1 Å². The Kier molecular flexibility index (Phi) is 5.01. The molecule has 1 aromatic carbocycles. The van der Waals surface area contributed by atoms with Crippen molar-refractivity contribution in [2.75, 3.05) is 11.9 Å². The Morgan fingerprint density at radius 1 is 0.929 bits per heavy atom. The van der Waals surface area contributed by atoms with Crippen LogP contribution in [0.1, 0.15) is 11.1 Å². The summed E-state index contributed by atoms with van der Waals surface area (Å²) in [6, 6.07) is 9.06. The van der Waals surface area contributed by atoms with Crippen LogP contribution in [-0.4, -0.2) is 31.5 Å². The summed E-state index contributed by atoms with van der Waals surface area (Å²) in [6.07, 6.45) is 6.96. The summed E-state index contributed by atoms with van der Waals surface area (Å²) < 4.78 is 19.5. The predicted octanol–water partition coefficient (Wildman–Crippen LogP) is 3.71. The summed E-state index contributed by atoms with van der Waals surface area (Å²) >= 11 is 0. The predicted molar refractivity (Wildman–Crippen MR) is 103 cm³/mol. The first kappa shape index (κ1) is 17.7. The molecule has 7 nitrogen and oxygen atoms in total. The fourth-order valence-electron chi connectivity index (χ4n) is 2.67. The molecule has 0 aliphatic heterocycles. The average molecular weight is 376 g/mol. The molecule has 0 fully saturated rings. The highest BCUT2D eigenvalue weighted by Crippen LogP contribution is 2.24. The molecule has 8 heteroatoms. The molecule has 0 radical (unpaired) electrons. The number of rotatable bonds is 6. The average Bonchev–Trinajstić information content (AvgIpc) is 2.73. The second kappa shape index (κ2) is 7.91. The van der Waals surface area contributed by atoms with Crippen molar-refractivity contribution < 1.29 is 9.13 Å². The van der Waals surface area contributed by atoms with Crippen molar-refractivity contribution in [1.82, 2.24) is 24.9 Å². The first-order chi connectivity index (χ1) is 13.7. The largest absolute Gasteiger partial charge is 0.436 e. The number of nitrogens with one attached hydrogen (secondary N) is 1. The van der Waals surface area contributed by atoms with Gasteiger partial charge < -0.3 is 10.1 Å². The lowest BCUT2D eigenvalue weighted by molar-refractivity contribution is 0.420. The standard InChI is InChI=1S/C20H17FN6O/c1-13-6-8-25-20(16(13)21)28-15-4-2-14(3-5-15)7-9-23-18-17-19(27-12-26-18)24-11-10-22-17/h2-6,8,10-12H,7,9H2,1H3,(H,23,24,26,27). The minimum atomic E-state index is -0.448. The van der Waals surface area contributed by atoms with E-state index in [1.165, 1.54) is 12.5 Å². The normalized spacial score (nSPS) is 10.8. The molecule has 0 saturated heterocycles. The van der Waals surface area contributed by atoms with Crippen molar-refractivity contribution in [3.8, 4) is 11.6 Å². The molecular formula is C20H17FN6O. The van der Waals surface area contributed by atoms with Gasteiger partial charge in [-0.05, 0) is 42.7 Å². The van der Waals surface area contributed by atoms with Crippen molar-refractivity contribution in [3.63, 3.8) is 0 Å². The topological polar surface area (TPSA) is 85.7 Å². The van der Waals surface area contributed by atoms with E-state index >= 15 is 0 Å². The Balaban J connectivity index is 1.37. The molecule has 3 heterocycles. The van der Waals surface area contributed by atoms with Crippen LogP contribution in [0.5, 0.6) is 11.6 Å². The zero-order valence-corrected chi connectivity index (χ0v) is 15.1. The third-order valence-corrected chi connectivity index (χ3v) is 4.16. The van der Waals surface area contributed by atoms with E-state index in [-0.39, 0.29) is 5.88 Å². The summed E-state index contributed by atoms with van der Waals surface area (Å²) in [5.41, 5.74) is 2.79. The van der Waals surface area contributed by atoms with Gasteiger partial charge in [0.05, 0.1) is 0 Å². The third-order valence-electron chi connectivity index (χ3n) is 4.16. The molecule has 0 spiro atoms. The van der Waals surface area contributed by atoms with Gasteiger partial charge in [-0.15, -0.1) is 0 Å². The molecule has 4 aromatic rings. The maximum absolute atomic E-state index is 14.0. The number of hydrogen-bond acceptors (Lipinski definition) is 7. The highest BCUT2D eigenvalue weighted by atomic mass is 19.1. The lowest BCUT2D eigenvalue weighted by atomic mass is 10.1. The molecule has 28 heavy (non-hydrogen) atoms. The molecule has 3 aromatic heterocycles. The van der Waals surface area contributed by atoms with E-state index < -0.39 is 5.82 Å². The fraction of sp³-hybridized carbons (Fsp3) is 0.150. The first-order valence-corrected chi connectivity index (χ1v) is 8.74. The van der Waals surface area contributed by atoms with E-state index in [4.69, 9.17) is 4.74 Å². The van der Waals surface area contributed by atoms with Crippen LogP contribution in [0.3, 0.4) is 0 Å². The molecule has 0 unspecified atom stereocenters. The number of halogens is 1. The summed E-state index contributed by atoms with van der Waals surface area (Å²) in [4.78, 5) is 20.7. The van der Waals surface area contributed by atoms with E-state index in [2.05, 4.69) is 30.2 Å². The van der Waals surface area contributed by atoms with Gasteiger partial charge in [0.15, 0.2) is 17.3 Å². The molecule has 0 atom stereocenters. The van der Waals surface area contributed by atoms with Crippen LogP contribution in [0.25, 0.3) is 11.2 Å². The van der Waals surface area contributed by atoms with Crippen LogP contribution in [0, 0.1) is 12.7 Å². The second-order valence-electron chi connectivity index (χ2n) is 6.12. The van der Waals surface area contributed by atoms with Crippen molar-refractivity contribution >= 4 is 17.0 Å². The number of fused-ring (bicyclic) bond motifs is 1. The molecule has 0 aliphatic rings.